The Bertz CT molecular complexity index is 524. The maximum Gasteiger partial charge on any atom is 0.248 e. The van der Waals surface area contributed by atoms with Crippen LogP contribution in [0.2, 0.25) is 0 Å². The van der Waals surface area contributed by atoms with Crippen molar-refractivity contribution in [3.63, 3.8) is 0 Å². The number of hydrogen-bond acceptors (Lipinski definition) is 5. The van der Waals surface area contributed by atoms with Gasteiger partial charge >= 0.3 is 30.0 Å². The molecular weight excluding hydrogens is 364 g/mol. The fourth-order valence-electron chi connectivity index (χ4n) is 0.825. The zero-order valence-electron chi connectivity index (χ0n) is 6.77. The number of aromatic nitrogens is 3. The Morgan fingerprint density at radius 3 is 2.43 bits per heavy atom. The van der Waals surface area contributed by atoms with Crippen molar-refractivity contribution in [1.82, 2.24) is 10.3 Å². The van der Waals surface area contributed by atoms with Gasteiger partial charge in [-0.15, -0.1) is 0 Å². The van der Waals surface area contributed by atoms with Crippen molar-refractivity contribution in [2.45, 2.75) is 0 Å². The molecule has 1 aromatic carbocycles. The molecule has 0 bridgehead atoms. The van der Waals surface area contributed by atoms with Crippen LogP contribution in [0.5, 0.6) is 0 Å². The van der Waals surface area contributed by atoms with Gasteiger partial charge in [-0.2, -0.15) is 5.10 Å². The van der Waals surface area contributed by atoms with E-state index in [-0.39, 0.29) is 0 Å². The van der Waals surface area contributed by atoms with Crippen LogP contribution in [0, 0.1) is 0 Å². The fraction of sp³-hybridized carbons (Fsp3) is 0. The van der Waals surface area contributed by atoms with Gasteiger partial charge in [0.1, 0.15) is 0 Å². The molecule has 0 amide bonds. The predicted molar refractivity (Wildman–Crippen MR) is 34.7 cm³/mol. The molecule has 2 N–H and O–H groups in total. The molecule has 2 rings (SSSR count). The van der Waals surface area contributed by atoms with Gasteiger partial charge in [0.2, 0.25) is 5.52 Å². The minimum absolute atomic E-state index is 0.970. The van der Waals surface area contributed by atoms with E-state index in [4.69, 9.17) is 14.2 Å². The number of hydrogen-bond donors (Lipinski definition) is 1. The van der Waals surface area contributed by atoms with Gasteiger partial charge in [-0.1, -0.05) is 17.3 Å². The zero-order chi connectivity index (χ0) is 10.6. The minimum atomic E-state index is -6.11. The zero-order valence-corrected chi connectivity index (χ0v) is 9.48. The van der Waals surface area contributed by atoms with Gasteiger partial charge in [0, 0.05) is 5.10 Å². The first-order valence-electron chi connectivity index (χ1n) is 3.39. The van der Waals surface area contributed by atoms with Crippen LogP contribution >= 0.6 is 0 Å². The average Bonchev–Trinajstić information content (AvgIpc) is 2.47. The number of nitrogens with one attached hydrogen (secondary N) is 2. The van der Waals surface area contributed by atoms with E-state index in [9.17, 15) is 0 Å². The van der Waals surface area contributed by atoms with Crippen molar-refractivity contribution in [3.05, 3.63) is 24.3 Å². The van der Waals surface area contributed by atoms with Crippen LogP contribution in [0.1, 0.15) is 0 Å². The summed E-state index contributed by atoms with van der Waals surface area (Å²) in [6, 6.07) is 7.84. The van der Waals surface area contributed by atoms with Crippen LogP contribution in [-0.4, -0.2) is 10.3 Å². The van der Waals surface area contributed by atoms with E-state index in [1.807, 2.05) is 24.3 Å². The quantitative estimate of drug-likeness (QED) is 0.627. The molecule has 14 heavy (non-hydrogen) atoms. The number of fused-ring (bicyclic) bond motifs is 1. The van der Waals surface area contributed by atoms with Gasteiger partial charge in [-0.05, 0) is 12.1 Å². The summed E-state index contributed by atoms with van der Waals surface area (Å²) in [5.74, 6) is 0. The van der Waals surface area contributed by atoms with Crippen molar-refractivity contribution in [3.8, 4) is 0 Å². The van der Waals surface area contributed by atoms with Gasteiger partial charge in [0.05, 0.1) is 0 Å². The van der Waals surface area contributed by atoms with Crippen LogP contribution in [0.3, 0.4) is 0 Å². The summed E-state index contributed by atoms with van der Waals surface area (Å²) < 4.78 is 34.6. The Hall–Kier alpha value is -1.36. The molecule has 0 aliphatic carbocycles. The summed E-state index contributed by atoms with van der Waals surface area (Å²) in [6.07, 6.45) is 0. The normalized spacial score (nSPS) is 10.6. The molecule has 76 valence electrons. The third-order valence-corrected chi connectivity index (χ3v) is 1.27. The van der Waals surface area contributed by atoms with Crippen molar-refractivity contribution >= 4 is 11.0 Å². The largest absolute Gasteiger partial charge is 0.248 e. The number of benzene rings is 1. The number of para-hydroxylation sites is 2. The van der Waals surface area contributed by atoms with E-state index in [0.717, 1.165) is 11.0 Å². The SMILES string of the molecule is [O]=[Re](=[O])(=[O])[O-].c1ccc2[nH+][nH]nc2c1. The Morgan fingerprint density at radius 1 is 1.29 bits per heavy atom. The molecule has 2 aromatic rings. The summed E-state index contributed by atoms with van der Waals surface area (Å²) in [7, 11) is 0. The molecule has 0 saturated heterocycles. The van der Waals surface area contributed by atoms with Crippen molar-refractivity contribution in [2.75, 3.05) is 0 Å². The first-order valence-corrected chi connectivity index (χ1v) is 7.83. The molecule has 7 nitrogen and oxygen atoms in total. The summed E-state index contributed by atoms with van der Waals surface area (Å²) in [6.45, 7) is 0. The summed E-state index contributed by atoms with van der Waals surface area (Å²) in [5, 5.41) is 9.48. The first-order chi connectivity index (χ1) is 6.47. The molecule has 0 radical (unpaired) electrons. The second-order valence-electron chi connectivity index (χ2n) is 2.24. The summed E-state index contributed by atoms with van der Waals surface area (Å²) >= 11 is -6.11. The Balaban J connectivity index is 0.000000171. The Kier molecular flexibility index (Phi) is 3.24. The maximum atomic E-state index is 8.64. The van der Waals surface area contributed by atoms with Gasteiger partial charge in [-0.25, -0.2) is 0 Å². The van der Waals surface area contributed by atoms with Gasteiger partial charge in [0.15, 0.2) is 5.52 Å². The van der Waals surface area contributed by atoms with Crippen LogP contribution in [0.25, 0.3) is 11.0 Å². The third-order valence-electron chi connectivity index (χ3n) is 1.27. The van der Waals surface area contributed by atoms with E-state index in [1.54, 1.807) is 0 Å². The predicted octanol–water partition coefficient (Wildman–Crippen LogP) is -1.17. The van der Waals surface area contributed by atoms with Crippen molar-refractivity contribution in [2.24, 2.45) is 0 Å². The summed E-state index contributed by atoms with van der Waals surface area (Å²) in [5.41, 5.74) is 2.01. The summed E-state index contributed by atoms with van der Waals surface area (Å²) in [4.78, 5) is 0. The van der Waals surface area contributed by atoms with E-state index in [0.29, 0.717) is 0 Å². The second kappa shape index (κ2) is 4.24. The van der Waals surface area contributed by atoms with E-state index < -0.39 is 15.8 Å². The van der Waals surface area contributed by atoms with Crippen molar-refractivity contribution < 1.29 is 35.1 Å². The number of aromatic amines is 2. The minimum Gasteiger partial charge on any atom is -0.169 e. The standard InChI is InChI=1S/C6H5N3.4O.Re/c1-2-4-6-5(3-1)7-9-8-6;;;;;/h1-4H,(H,7,8,9);;;;;/q;;;;-1;/p+1. The Morgan fingerprint density at radius 2 is 1.86 bits per heavy atom. The van der Waals surface area contributed by atoms with E-state index in [1.165, 1.54) is 0 Å². The Labute approximate surface area is 81.1 Å². The van der Waals surface area contributed by atoms with Gasteiger partial charge < -0.3 is 0 Å². The molecule has 0 saturated carbocycles. The molecule has 0 spiro atoms. The topological polar surface area (TPSA) is 117 Å². The van der Waals surface area contributed by atoms with Gasteiger partial charge in [0.25, 0.3) is 0 Å². The molecule has 0 aliphatic rings. The molecule has 8 heteroatoms. The van der Waals surface area contributed by atoms with Crippen LogP contribution in [0.4, 0.5) is 0 Å². The maximum absolute atomic E-state index is 8.64. The molecule has 0 fully saturated rings. The fourth-order valence-corrected chi connectivity index (χ4v) is 0.825. The number of rotatable bonds is 0. The number of H-pyrrole nitrogens is 2. The van der Waals surface area contributed by atoms with Crippen LogP contribution < -0.4 is 8.93 Å². The smallest absolute Gasteiger partial charge is 0.169 e. The monoisotopic (exact) mass is 371 g/mol. The number of nitrogens with zero attached hydrogens (tertiary/aromatic N) is 1. The molecule has 1 heterocycles. The van der Waals surface area contributed by atoms with Crippen LogP contribution in [-0.2, 0) is 26.2 Å². The molecule has 0 unspecified atom stereocenters. The van der Waals surface area contributed by atoms with E-state index >= 15 is 0 Å². The van der Waals surface area contributed by atoms with Crippen molar-refractivity contribution in [1.29, 1.82) is 0 Å². The third kappa shape index (κ3) is 4.04. The van der Waals surface area contributed by atoms with E-state index in [2.05, 4.69) is 15.4 Å². The molecule has 0 atom stereocenters. The average molecular weight is 370 g/mol. The second-order valence-corrected chi connectivity index (χ2v) is 4.96. The van der Waals surface area contributed by atoms with Crippen LogP contribution in [0.15, 0.2) is 24.3 Å². The van der Waals surface area contributed by atoms with Gasteiger partial charge in [-0.3, -0.25) is 0 Å². The first kappa shape index (κ1) is 10.7. The molecule has 0 aliphatic heterocycles. The molecular formula is C6H6N3O4Re. The molecule has 1 aromatic heterocycles.